The van der Waals surface area contributed by atoms with E-state index >= 15 is 0 Å². The third-order valence-electron chi connectivity index (χ3n) is 3.05. The molecule has 0 nitrogen and oxygen atoms in total. The fourth-order valence-corrected chi connectivity index (χ4v) is 4.96. The standard InChI is InChI=1S/C11H22Si/c1-11(2)12-9-7-5-3-4-6-8-10-12/h12H,1,3-10H2,2H3. The van der Waals surface area contributed by atoms with Crippen LogP contribution in [0.5, 0.6) is 0 Å². The summed E-state index contributed by atoms with van der Waals surface area (Å²) in [6.45, 7) is 6.40. The second kappa shape index (κ2) is 5.58. The Kier molecular flexibility index (Phi) is 4.67. The van der Waals surface area contributed by atoms with E-state index in [9.17, 15) is 0 Å². The Morgan fingerprint density at radius 2 is 1.33 bits per heavy atom. The van der Waals surface area contributed by atoms with E-state index in [1.54, 1.807) is 5.20 Å². The van der Waals surface area contributed by atoms with Gasteiger partial charge in [0.05, 0.1) is 8.80 Å². The van der Waals surface area contributed by atoms with E-state index in [1.165, 1.54) is 50.6 Å². The summed E-state index contributed by atoms with van der Waals surface area (Å²) in [7, 11) is -0.497. The van der Waals surface area contributed by atoms with Crippen molar-refractivity contribution < 1.29 is 0 Å². The first-order valence-corrected chi connectivity index (χ1v) is 7.67. The molecule has 1 fully saturated rings. The Labute approximate surface area is 78.7 Å². The van der Waals surface area contributed by atoms with Crippen molar-refractivity contribution in [2.24, 2.45) is 0 Å². The van der Waals surface area contributed by atoms with Crippen molar-refractivity contribution in [2.45, 2.75) is 57.5 Å². The summed E-state index contributed by atoms with van der Waals surface area (Å²) in [5.74, 6) is 0. The lowest BCUT2D eigenvalue weighted by Crippen LogP contribution is -2.12. The van der Waals surface area contributed by atoms with Crippen molar-refractivity contribution in [2.75, 3.05) is 0 Å². The molecular weight excluding hydrogens is 160 g/mol. The lowest BCUT2D eigenvalue weighted by Gasteiger charge is -2.13. The van der Waals surface area contributed by atoms with E-state index in [2.05, 4.69) is 13.5 Å². The highest BCUT2D eigenvalue weighted by Crippen LogP contribution is 2.20. The van der Waals surface area contributed by atoms with Crippen molar-refractivity contribution in [1.82, 2.24) is 0 Å². The number of hydrogen-bond acceptors (Lipinski definition) is 0. The van der Waals surface area contributed by atoms with Crippen LogP contribution in [0.15, 0.2) is 11.8 Å². The molecule has 12 heavy (non-hydrogen) atoms. The first-order chi connectivity index (χ1) is 5.80. The van der Waals surface area contributed by atoms with Gasteiger partial charge in [0.2, 0.25) is 0 Å². The zero-order valence-corrected chi connectivity index (χ0v) is 9.60. The molecule has 1 heteroatoms. The molecule has 0 bridgehead atoms. The third-order valence-corrected chi connectivity index (χ3v) is 6.66. The van der Waals surface area contributed by atoms with Gasteiger partial charge in [0, 0.05) is 0 Å². The normalized spacial score (nSPS) is 22.4. The zero-order valence-electron chi connectivity index (χ0n) is 8.44. The van der Waals surface area contributed by atoms with Crippen LogP contribution in [0.25, 0.3) is 0 Å². The summed E-state index contributed by atoms with van der Waals surface area (Å²) in [6, 6.07) is 3.07. The summed E-state index contributed by atoms with van der Waals surface area (Å²) in [5, 5.41) is 1.55. The maximum Gasteiger partial charge on any atom is 0.0645 e. The molecule has 0 unspecified atom stereocenters. The molecule has 0 amide bonds. The predicted octanol–water partition coefficient (Wildman–Crippen LogP) is 3.68. The van der Waals surface area contributed by atoms with E-state index in [4.69, 9.17) is 0 Å². The van der Waals surface area contributed by atoms with Crippen LogP contribution in [0.4, 0.5) is 0 Å². The van der Waals surface area contributed by atoms with Gasteiger partial charge >= 0.3 is 0 Å². The van der Waals surface area contributed by atoms with Gasteiger partial charge in [-0.05, 0) is 6.92 Å². The fraction of sp³-hybridized carbons (Fsp3) is 0.818. The SMILES string of the molecule is C=C(C)[SiH]1CCCCCCCC1. The number of rotatable bonds is 1. The average Bonchev–Trinajstić information content (AvgIpc) is 2.15. The highest BCUT2D eigenvalue weighted by atomic mass is 28.3. The number of allylic oxidation sites excluding steroid dienone is 1. The van der Waals surface area contributed by atoms with Crippen molar-refractivity contribution in [3.63, 3.8) is 0 Å². The minimum absolute atomic E-state index is 0.497. The third kappa shape index (κ3) is 3.57. The largest absolute Gasteiger partial charge is 0.104 e. The average molecular weight is 182 g/mol. The number of hydrogen-bond donors (Lipinski definition) is 0. The summed E-state index contributed by atoms with van der Waals surface area (Å²) >= 11 is 0. The van der Waals surface area contributed by atoms with Crippen molar-refractivity contribution >= 4 is 8.80 Å². The molecule has 0 aromatic heterocycles. The smallest absolute Gasteiger partial charge is 0.0645 e. The summed E-state index contributed by atoms with van der Waals surface area (Å²) in [4.78, 5) is 0. The Morgan fingerprint density at radius 1 is 0.917 bits per heavy atom. The molecule has 0 spiro atoms. The van der Waals surface area contributed by atoms with E-state index in [-0.39, 0.29) is 0 Å². The zero-order chi connectivity index (χ0) is 8.81. The maximum atomic E-state index is 4.14. The molecule has 0 N–H and O–H groups in total. The van der Waals surface area contributed by atoms with E-state index in [0.29, 0.717) is 0 Å². The molecule has 0 atom stereocenters. The van der Waals surface area contributed by atoms with E-state index < -0.39 is 8.80 Å². The van der Waals surface area contributed by atoms with Crippen molar-refractivity contribution in [3.8, 4) is 0 Å². The van der Waals surface area contributed by atoms with E-state index in [1.807, 2.05) is 0 Å². The highest BCUT2D eigenvalue weighted by Gasteiger charge is 2.11. The van der Waals surface area contributed by atoms with Gasteiger partial charge in [-0.3, -0.25) is 0 Å². The molecule has 1 aliphatic rings. The van der Waals surface area contributed by atoms with Crippen LogP contribution in [-0.2, 0) is 0 Å². The molecule has 0 saturated carbocycles. The van der Waals surface area contributed by atoms with Gasteiger partial charge in [-0.1, -0.05) is 55.8 Å². The highest BCUT2D eigenvalue weighted by molar-refractivity contribution is 6.66. The van der Waals surface area contributed by atoms with Gasteiger partial charge in [0.25, 0.3) is 0 Å². The van der Waals surface area contributed by atoms with Crippen LogP contribution < -0.4 is 0 Å². The first kappa shape index (κ1) is 10.0. The molecule has 1 aliphatic heterocycles. The van der Waals surface area contributed by atoms with Crippen LogP contribution in [0, 0.1) is 0 Å². The van der Waals surface area contributed by atoms with Gasteiger partial charge in [-0.25, -0.2) is 0 Å². The van der Waals surface area contributed by atoms with Gasteiger partial charge in [0.15, 0.2) is 0 Å². The minimum Gasteiger partial charge on any atom is -0.104 e. The lowest BCUT2D eigenvalue weighted by atomic mass is 10.1. The molecule has 0 aromatic rings. The van der Waals surface area contributed by atoms with Gasteiger partial charge in [-0.2, -0.15) is 0 Å². The van der Waals surface area contributed by atoms with Crippen LogP contribution >= 0.6 is 0 Å². The first-order valence-electron chi connectivity index (χ1n) is 5.46. The van der Waals surface area contributed by atoms with E-state index in [0.717, 1.165) is 0 Å². The molecule has 0 radical (unpaired) electrons. The lowest BCUT2D eigenvalue weighted by molar-refractivity contribution is 0.633. The maximum absolute atomic E-state index is 4.14. The van der Waals surface area contributed by atoms with Crippen LogP contribution in [0.1, 0.15) is 45.4 Å². The molecule has 1 heterocycles. The summed E-state index contributed by atoms with van der Waals surface area (Å²) in [5.41, 5.74) is 0. The molecule has 1 saturated heterocycles. The van der Waals surface area contributed by atoms with Crippen molar-refractivity contribution in [3.05, 3.63) is 11.8 Å². The van der Waals surface area contributed by atoms with Crippen molar-refractivity contribution in [1.29, 1.82) is 0 Å². The van der Waals surface area contributed by atoms with Crippen LogP contribution in [-0.4, -0.2) is 8.80 Å². The molecule has 0 aliphatic carbocycles. The Balaban J connectivity index is 2.33. The quantitative estimate of drug-likeness (QED) is 0.543. The molecular formula is C11H22Si. The summed E-state index contributed by atoms with van der Waals surface area (Å²) in [6.07, 6.45) is 8.91. The Morgan fingerprint density at radius 3 is 1.75 bits per heavy atom. The van der Waals surface area contributed by atoms with Gasteiger partial charge < -0.3 is 0 Å². The van der Waals surface area contributed by atoms with Gasteiger partial charge in [0.1, 0.15) is 0 Å². The van der Waals surface area contributed by atoms with Crippen LogP contribution in [0.2, 0.25) is 12.1 Å². The molecule has 70 valence electrons. The summed E-state index contributed by atoms with van der Waals surface area (Å²) < 4.78 is 0. The Bertz CT molecular complexity index is 130. The topological polar surface area (TPSA) is 0 Å². The van der Waals surface area contributed by atoms with Crippen LogP contribution in [0.3, 0.4) is 0 Å². The molecule has 1 rings (SSSR count). The second-order valence-corrected chi connectivity index (χ2v) is 7.78. The Hall–Kier alpha value is -0.0431. The fourth-order valence-electron chi connectivity index (χ4n) is 2.13. The van der Waals surface area contributed by atoms with Gasteiger partial charge in [-0.15, -0.1) is 6.58 Å². The second-order valence-electron chi connectivity index (χ2n) is 4.24. The minimum atomic E-state index is -0.497. The monoisotopic (exact) mass is 182 g/mol. The molecule has 0 aromatic carbocycles. The predicted molar refractivity (Wildman–Crippen MR) is 59.3 cm³/mol.